The van der Waals surface area contributed by atoms with E-state index < -0.39 is 0 Å². The van der Waals surface area contributed by atoms with E-state index in [1.54, 1.807) is 0 Å². The fourth-order valence-corrected chi connectivity index (χ4v) is 4.04. The number of thioether (sulfide) groups is 1. The van der Waals surface area contributed by atoms with Gasteiger partial charge in [0.1, 0.15) is 5.82 Å². The molecule has 0 aliphatic carbocycles. The minimum Gasteiger partial charge on any atom is -0.376 e. The van der Waals surface area contributed by atoms with Crippen molar-refractivity contribution in [3.63, 3.8) is 0 Å². The highest BCUT2D eigenvalue weighted by Crippen LogP contribution is 2.28. The van der Waals surface area contributed by atoms with E-state index in [1.807, 2.05) is 61.5 Å². The quantitative estimate of drug-likeness (QED) is 0.452. The Bertz CT molecular complexity index is 977. The van der Waals surface area contributed by atoms with Crippen molar-refractivity contribution in [2.75, 3.05) is 18.5 Å². The van der Waals surface area contributed by atoms with Crippen LogP contribution in [0.1, 0.15) is 19.8 Å². The molecule has 29 heavy (non-hydrogen) atoms. The van der Waals surface area contributed by atoms with Crippen molar-refractivity contribution in [3.05, 3.63) is 54.6 Å². The first-order valence-electron chi connectivity index (χ1n) is 9.84. The summed E-state index contributed by atoms with van der Waals surface area (Å²) in [5.41, 5.74) is 1.80. The Labute approximate surface area is 174 Å². The summed E-state index contributed by atoms with van der Waals surface area (Å²) in [4.78, 5) is 21.8. The summed E-state index contributed by atoms with van der Waals surface area (Å²) < 4.78 is 5.57. The molecule has 2 N–H and O–H groups in total. The summed E-state index contributed by atoms with van der Waals surface area (Å²) in [7, 11) is 0. The molecule has 1 saturated heterocycles. The average molecular weight is 409 g/mol. The van der Waals surface area contributed by atoms with Gasteiger partial charge in [-0.05, 0) is 44.0 Å². The molecule has 0 radical (unpaired) electrons. The number of rotatable bonds is 7. The Kier molecular flexibility index (Phi) is 6.27. The second-order valence-corrected chi connectivity index (χ2v) is 8.31. The second kappa shape index (κ2) is 9.24. The normalized spacial score (nSPS) is 17.2. The predicted molar refractivity (Wildman–Crippen MR) is 117 cm³/mol. The predicted octanol–water partition coefficient (Wildman–Crippen LogP) is 4.15. The maximum absolute atomic E-state index is 12.5. The van der Waals surface area contributed by atoms with Crippen LogP contribution in [0.15, 0.2) is 59.8 Å². The molecule has 2 atom stereocenters. The van der Waals surface area contributed by atoms with Crippen molar-refractivity contribution in [3.8, 4) is 0 Å². The van der Waals surface area contributed by atoms with Crippen molar-refractivity contribution in [1.29, 1.82) is 0 Å². The lowest BCUT2D eigenvalue weighted by molar-refractivity contribution is -0.120. The van der Waals surface area contributed by atoms with Crippen LogP contribution in [0.5, 0.6) is 0 Å². The lowest BCUT2D eigenvalue weighted by atomic mass is 10.2. The smallest absolute Gasteiger partial charge is 0.233 e. The van der Waals surface area contributed by atoms with Gasteiger partial charge in [0.05, 0.1) is 16.9 Å². The number of hydrogen-bond acceptors (Lipinski definition) is 6. The van der Waals surface area contributed by atoms with Gasteiger partial charge in [0.25, 0.3) is 0 Å². The van der Waals surface area contributed by atoms with Gasteiger partial charge in [0.2, 0.25) is 5.91 Å². The highest BCUT2D eigenvalue weighted by molar-refractivity contribution is 8.00. The average Bonchev–Trinajstić information content (AvgIpc) is 3.26. The zero-order valence-electron chi connectivity index (χ0n) is 16.3. The fourth-order valence-electron chi connectivity index (χ4n) is 3.24. The summed E-state index contributed by atoms with van der Waals surface area (Å²) in [6, 6.07) is 17.8. The van der Waals surface area contributed by atoms with Gasteiger partial charge in [-0.2, -0.15) is 0 Å². The van der Waals surface area contributed by atoms with Gasteiger partial charge < -0.3 is 15.4 Å². The molecule has 2 heterocycles. The van der Waals surface area contributed by atoms with Gasteiger partial charge in [-0.15, -0.1) is 0 Å². The summed E-state index contributed by atoms with van der Waals surface area (Å²) in [5.74, 6) is 0.705. The standard InChI is InChI=1S/C22H24N4O2S/c1-15(21(27)23-14-17-10-7-13-28-17)29-22-25-19-12-6-5-11-18(19)20(26-22)24-16-8-3-2-4-9-16/h2-6,8-9,11-12,15,17H,7,10,13-14H2,1H3,(H,23,27)(H,24,25,26). The molecule has 1 aliphatic rings. The Balaban J connectivity index is 1.50. The number of para-hydroxylation sites is 2. The van der Waals surface area contributed by atoms with E-state index in [2.05, 4.69) is 15.6 Å². The lowest BCUT2D eigenvalue weighted by Crippen LogP contribution is -2.36. The maximum Gasteiger partial charge on any atom is 0.233 e. The molecule has 6 nitrogen and oxygen atoms in total. The van der Waals surface area contributed by atoms with E-state index in [1.165, 1.54) is 11.8 Å². The van der Waals surface area contributed by atoms with E-state index in [9.17, 15) is 4.79 Å². The Morgan fingerprint density at radius 3 is 2.76 bits per heavy atom. The molecule has 2 unspecified atom stereocenters. The largest absolute Gasteiger partial charge is 0.376 e. The molecule has 0 spiro atoms. The minimum absolute atomic E-state index is 0.0279. The van der Waals surface area contributed by atoms with E-state index >= 15 is 0 Å². The Morgan fingerprint density at radius 1 is 1.17 bits per heavy atom. The number of nitrogens with zero attached hydrogens (tertiary/aromatic N) is 2. The van der Waals surface area contributed by atoms with Crippen molar-refractivity contribution in [2.24, 2.45) is 0 Å². The number of carbonyl (C=O) groups is 1. The molecule has 4 rings (SSSR count). The molecular weight excluding hydrogens is 384 g/mol. The molecule has 1 amide bonds. The number of fused-ring (bicyclic) bond motifs is 1. The fraction of sp³-hybridized carbons (Fsp3) is 0.318. The molecule has 1 aromatic heterocycles. The van der Waals surface area contributed by atoms with Gasteiger partial charge in [-0.3, -0.25) is 4.79 Å². The molecular formula is C22H24N4O2S. The monoisotopic (exact) mass is 408 g/mol. The van der Waals surface area contributed by atoms with E-state index in [4.69, 9.17) is 9.72 Å². The first-order chi connectivity index (χ1) is 14.2. The van der Waals surface area contributed by atoms with Gasteiger partial charge in [0.15, 0.2) is 5.16 Å². The lowest BCUT2D eigenvalue weighted by Gasteiger charge is -2.15. The number of benzene rings is 2. The Morgan fingerprint density at radius 2 is 1.97 bits per heavy atom. The molecule has 3 aromatic rings. The number of aromatic nitrogens is 2. The van der Waals surface area contributed by atoms with Crippen molar-refractivity contribution >= 4 is 40.1 Å². The van der Waals surface area contributed by atoms with Crippen LogP contribution in [-0.2, 0) is 9.53 Å². The van der Waals surface area contributed by atoms with Gasteiger partial charge in [0, 0.05) is 24.2 Å². The molecule has 7 heteroatoms. The van der Waals surface area contributed by atoms with Crippen LogP contribution in [0.2, 0.25) is 0 Å². The van der Waals surface area contributed by atoms with Gasteiger partial charge >= 0.3 is 0 Å². The van der Waals surface area contributed by atoms with Crippen LogP contribution < -0.4 is 10.6 Å². The first kappa shape index (κ1) is 19.7. The molecule has 0 bridgehead atoms. The molecule has 0 saturated carbocycles. The van der Waals surface area contributed by atoms with Gasteiger partial charge in [-0.1, -0.05) is 42.1 Å². The number of hydrogen-bond donors (Lipinski definition) is 2. The number of carbonyl (C=O) groups excluding carboxylic acids is 1. The van der Waals surface area contributed by atoms with Crippen molar-refractivity contribution in [2.45, 2.75) is 36.3 Å². The van der Waals surface area contributed by atoms with E-state index in [0.717, 1.165) is 41.9 Å². The van der Waals surface area contributed by atoms with Crippen LogP contribution >= 0.6 is 11.8 Å². The number of anilines is 2. The van der Waals surface area contributed by atoms with Crippen LogP contribution in [-0.4, -0.2) is 40.4 Å². The molecule has 1 fully saturated rings. The SMILES string of the molecule is CC(Sc1nc(Nc2ccccc2)c2ccccc2n1)C(=O)NCC1CCCO1. The van der Waals surface area contributed by atoms with Crippen molar-refractivity contribution < 1.29 is 9.53 Å². The van der Waals surface area contributed by atoms with Crippen LogP contribution in [0, 0.1) is 0 Å². The van der Waals surface area contributed by atoms with Gasteiger partial charge in [-0.25, -0.2) is 9.97 Å². The summed E-state index contributed by atoms with van der Waals surface area (Å²) in [6.45, 7) is 3.22. The topological polar surface area (TPSA) is 76.1 Å². The van der Waals surface area contributed by atoms with E-state index in [-0.39, 0.29) is 17.3 Å². The zero-order chi connectivity index (χ0) is 20.1. The highest BCUT2D eigenvalue weighted by Gasteiger charge is 2.20. The third kappa shape index (κ3) is 5.05. The molecule has 2 aromatic carbocycles. The van der Waals surface area contributed by atoms with Crippen LogP contribution in [0.4, 0.5) is 11.5 Å². The van der Waals surface area contributed by atoms with Crippen LogP contribution in [0.25, 0.3) is 10.9 Å². The van der Waals surface area contributed by atoms with Crippen molar-refractivity contribution in [1.82, 2.24) is 15.3 Å². The number of ether oxygens (including phenoxy) is 1. The minimum atomic E-state index is -0.304. The summed E-state index contributed by atoms with van der Waals surface area (Å²) >= 11 is 1.36. The molecule has 150 valence electrons. The van der Waals surface area contributed by atoms with Crippen LogP contribution in [0.3, 0.4) is 0 Å². The first-order valence-corrected chi connectivity index (χ1v) is 10.7. The summed E-state index contributed by atoms with van der Waals surface area (Å²) in [6.07, 6.45) is 2.20. The maximum atomic E-state index is 12.5. The molecule has 1 aliphatic heterocycles. The van der Waals surface area contributed by atoms with E-state index in [0.29, 0.717) is 11.7 Å². The third-order valence-electron chi connectivity index (χ3n) is 4.80. The Hall–Kier alpha value is -2.64. The highest BCUT2D eigenvalue weighted by atomic mass is 32.2. The third-order valence-corrected chi connectivity index (χ3v) is 5.76. The second-order valence-electron chi connectivity index (χ2n) is 7.00. The zero-order valence-corrected chi connectivity index (χ0v) is 17.1. The number of amides is 1. The summed E-state index contributed by atoms with van der Waals surface area (Å²) in [5, 5.41) is 7.56. The number of nitrogens with one attached hydrogen (secondary N) is 2.